The van der Waals surface area contributed by atoms with E-state index in [-0.39, 0.29) is 23.7 Å². The van der Waals surface area contributed by atoms with Gasteiger partial charge in [-0.2, -0.15) is 0 Å². The van der Waals surface area contributed by atoms with Crippen molar-refractivity contribution in [2.24, 2.45) is 5.92 Å². The number of nitrogens with one attached hydrogen (secondary N) is 1. The zero-order valence-corrected chi connectivity index (χ0v) is 13.5. The standard InChI is InChI=1S/C15H29N3O2/c1-11(2)15(12(3)19)16-14(20)10-17(4)9-13-7-6-8-18(13)5/h11,13,15H,6-10H2,1-5H3,(H,16,20). The van der Waals surface area contributed by atoms with Crippen LogP contribution in [-0.2, 0) is 9.59 Å². The van der Waals surface area contributed by atoms with Crippen molar-refractivity contribution in [3.63, 3.8) is 0 Å². The second-order valence-corrected chi connectivity index (χ2v) is 6.37. The van der Waals surface area contributed by atoms with Crippen LogP contribution in [0.3, 0.4) is 0 Å². The number of nitrogens with zero attached hydrogens (tertiary/aromatic N) is 2. The largest absolute Gasteiger partial charge is 0.345 e. The molecule has 1 N–H and O–H groups in total. The summed E-state index contributed by atoms with van der Waals surface area (Å²) in [5, 5.41) is 2.84. The third-order valence-corrected chi connectivity index (χ3v) is 4.03. The summed E-state index contributed by atoms with van der Waals surface area (Å²) in [4.78, 5) is 27.9. The molecule has 1 rings (SSSR count). The fraction of sp³-hybridized carbons (Fsp3) is 0.867. The summed E-state index contributed by atoms with van der Waals surface area (Å²) >= 11 is 0. The van der Waals surface area contributed by atoms with E-state index in [2.05, 4.69) is 17.3 Å². The lowest BCUT2D eigenvalue weighted by atomic mass is 10.0. The SMILES string of the molecule is CC(=O)C(NC(=O)CN(C)CC1CCCN1C)C(C)C. The molecule has 1 aliphatic rings. The normalized spacial score (nSPS) is 21.4. The van der Waals surface area contributed by atoms with Gasteiger partial charge >= 0.3 is 0 Å². The van der Waals surface area contributed by atoms with E-state index in [0.717, 1.165) is 13.1 Å². The van der Waals surface area contributed by atoms with E-state index in [4.69, 9.17) is 0 Å². The molecule has 1 fully saturated rings. The van der Waals surface area contributed by atoms with Crippen LogP contribution >= 0.6 is 0 Å². The fourth-order valence-electron chi connectivity index (χ4n) is 2.84. The molecule has 5 heteroatoms. The summed E-state index contributed by atoms with van der Waals surface area (Å²) in [5.74, 6) is 0.0799. The van der Waals surface area contributed by atoms with Crippen LogP contribution in [0.4, 0.5) is 0 Å². The molecule has 0 aliphatic carbocycles. The van der Waals surface area contributed by atoms with Crippen molar-refractivity contribution in [2.45, 2.75) is 45.7 Å². The lowest BCUT2D eigenvalue weighted by Gasteiger charge is -2.26. The monoisotopic (exact) mass is 283 g/mol. The molecule has 116 valence electrons. The Morgan fingerprint density at radius 2 is 2.05 bits per heavy atom. The molecular weight excluding hydrogens is 254 g/mol. The van der Waals surface area contributed by atoms with Gasteiger partial charge in [-0.3, -0.25) is 14.5 Å². The van der Waals surface area contributed by atoms with Gasteiger partial charge in [0, 0.05) is 12.6 Å². The van der Waals surface area contributed by atoms with Gasteiger partial charge in [-0.15, -0.1) is 0 Å². The molecule has 1 amide bonds. The molecular formula is C15H29N3O2. The van der Waals surface area contributed by atoms with Crippen LogP contribution < -0.4 is 5.32 Å². The fourth-order valence-corrected chi connectivity index (χ4v) is 2.84. The van der Waals surface area contributed by atoms with Crippen LogP contribution in [0.1, 0.15) is 33.6 Å². The lowest BCUT2D eigenvalue weighted by Crippen LogP contribution is -2.48. The Bertz CT molecular complexity index is 344. The summed E-state index contributed by atoms with van der Waals surface area (Å²) in [7, 11) is 4.10. The lowest BCUT2D eigenvalue weighted by molar-refractivity contribution is -0.128. The van der Waals surface area contributed by atoms with Gasteiger partial charge in [-0.1, -0.05) is 13.8 Å². The van der Waals surface area contributed by atoms with Crippen LogP contribution in [0.2, 0.25) is 0 Å². The van der Waals surface area contributed by atoms with Crippen molar-refractivity contribution in [1.82, 2.24) is 15.1 Å². The van der Waals surface area contributed by atoms with Gasteiger partial charge in [0.05, 0.1) is 12.6 Å². The van der Waals surface area contributed by atoms with Crippen LogP contribution in [0.25, 0.3) is 0 Å². The number of hydrogen-bond donors (Lipinski definition) is 1. The molecule has 0 radical (unpaired) electrons. The first-order valence-electron chi connectivity index (χ1n) is 7.49. The highest BCUT2D eigenvalue weighted by atomic mass is 16.2. The molecule has 0 bridgehead atoms. The van der Waals surface area contributed by atoms with E-state index in [9.17, 15) is 9.59 Å². The highest BCUT2D eigenvalue weighted by Crippen LogP contribution is 2.15. The smallest absolute Gasteiger partial charge is 0.234 e. The number of ketones is 1. The van der Waals surface area contributed by atoms with Crippen molar-refractivity contribution in [1.29, 1.82) is 0 Å². The van der Waals surface area contributed by atoms with Crippen LogP contribution in [0.15, 0.2) is 0 Å². The molecule has 2 atom stereocenters. The van der Waals surface area contributed by atoms with Crippen LogP contribution in [0.5, 0.6) is 0 Å². The van der Waals surface area contributed by atoms with Gasteiger partial charge in [-0.05, 0) is 46.3 Å². The Balaban J connectivity index is 2.39. The summed E-state index contributed by atoms with van der Waals surface area (Å²) in [6.45, 7) is 7.82. The third kappa shape index (κ3) is 5.21. The molecule has 1 heterocycles. The zero-order valence-electron chi connectivity index (χ0n) is 13.5. The Morgan fingerprint density at radius 1 is 1.40 bits per heavy atom. The molecule has 1 saturated heterocycles. The number of carbonyl (C=O) groups excluding carboxylic acids is 2. The van der Waals surface area contributed by atoms with E-state index < -0.39 is 0 Å². The number of rotatable bonds is 7. The molecule has 0 spiro atoms. The Kier molecular flexibility index (Phi) is 6.62. The predicted octanol–water partition coefficient (Wildman–Crippen LogP) is 0.742. The van der Waals surface area contributed by atoms with Crippen LogP contribution in [0, 0.1) is 5.92 Å². The van der Waals surface area contributed by atoms with Crippen molar-refractivity contribution in [3.05, 3.63) is 0 Å². The molecule has 0 aromatic carbocycles. The Labute approximate surface area is 122 Å². The first kappa shape index (κ1) is 17.1. The van der Waals surface area contributed by atoms with E-state index in [0.29, 0.717) is 12.6 Å². The third-order valence-electron chi connectivity index (χ3n) is 4.03. The predicted molar refractivity (Wildman–Crippen MR) is 80.6 cm³/mol. The number of hydrogen-bond acceptors (Lipinski definition) is 4. The molecule has 20 heavy (non-hydrogen) atoms. The van der Waals surface area contributed by atoms with Gasteiger partial charge < -0.3 is 10.2 Å². The Morgan fingerprint density at radius 3 is 2.50 bits per heavy atom. The van der Waals surface area contributed by atoms with Crippen molar-refractivity contribution >= 4 is 11.7 Å². The maximum atomic E-state index is 12.0. The van der Waals surface area contributed by atoms with Crippen LogP contribution in [-0.4, -0.2) is 67.3 Å². The van der Waals surface area contributed by atoms with Gasteiger partial charge in [0.15, 0.2) is 5.78 Å². The first-order chi connectivity index (χ1) is 9.31. The maximum Gasteiger partial charge on any atom is 0.234 e. The second-order valence-electron chi connectivity index (χ2n) is 6.37. The zero-order chi connectivity index (χ0) is 15.3. The topological polar surface area (TPSA) is 52.7 Å². The second kappa shape index (κ2) is 7.74. The van der Waals surface area contributed by atoms with Gasteiger partial charge in [0.1, 0.15) is 0 Å². The molecule has 0 saturated carbocycles. The van der Waals surface area contributed by atoms with Crippen molar-refractivity contribution in [2.75, 3.05) is 33.7 Å². The van der Waals surface area contributed by atoms with Crippen molar-refractivity contribution in [3.8, 4) is 0 Å². The molecule has 5 nitrogen and oxygen atoms in total. The number of Topliss-reactive ketones (excluding diaryl/α,β-unsaturated/α-hetero) is 1. The van der Waals surface area contributed by atoms with Gasteiger partial charge in [0.25, 0.3) is 0 Å². The number of likely N-dealkylation sites (tertiary alicyclic amines) is 1. The molecule has 2 unspecified atom stereocenters. The summed E-state index contributed by atoms with van der Waals surface area (Å²) in [6.07, 6.45) is 2.44. The number of amides is 1. The van der Waals surface area contributed by atoms with E-state index in [1.54, 1.807) is 0 Å². The minimum Gasteiger partial charge on any atom is -0.345 e. The highest BCUT2D eigenvalue weighted by Gasteiger charge is 2.24. The van der Waals surface area contributed by atoms with Crippen molar-refractivity contribution < 1.29 is 9.59 Å². The minimum absolute atomic E-state index is 0.0199. The number of likely N-dealkylation sites (N-methyl/N-ethyl adjacent to an activating group) is 2. The highest BCUT2D eigenvalue weighted by molar-refractivity contribution is 5.88. The minimum atomic E-state index is -0.370. The molecule has 0 aromatic rings. The average Bonchev–Trinajstić information content (AvgIpc) is 2.71. The average molecular weight is 283 g/mol. The van der Waals surface area contributed by atoms with E-state index >= 15 is 0 Å². The van der Waals surface area contributed by atoms with E-state index in [1.165, 1.54) is 19.8 Å². The van der Waals surface area contributed by atoms with Gasteiger partial charge in [-0.25, -0.2) is 0 Å². The number of carbonyl (C=O) groups is 2. The van der Waals surface area contributed by atoms with Gasteiger partial charge in [0.2, 0.25) is 5.91 Å². The molecule has 0 aromatic heterocycles. The summed E-state index contributed by atoms with van der Waals surface area (Å²) in [6, 6.07) is 0.173. The quantitative estimate of drug-likeness (QED) is 0.749. The summed E-state index contributed by atoms with van der Waals surface area (Å²) in [5.41, 5.74) is 0. The molecule has 1 aliphatic heterocycles. The maximum absolute atomic E-state index is 12.0. The van der Waals surface area contributed by atoms with E-state index in [1.807, 2.05) is 25.8 Å². The summed E-state index contributed by atoms with van der Waals surface area (Å²) < 4.78 is 0. The first-order valence-corrected chi connectivity index (χ1v) is 7.49. The Hall–Kier alpha value is -0.940.